The predicted octanol–water partition coefficient (Wildman–Crippen LogP) is 9.90. The molecule has 6 heteroatoms. The molecule has 0 aliphatic carbocycles. The summed E-state index contributed by atoms with van der Waals surface area (Å²) < 4.78 is 10.6. The van der Waals surface area contributed by atoms with Crippen LogP contribution in [0.4, 0.5) is 0 Å². The summed E-state index contributed by atoms with van der Waals surface area (Å²) in [5.41, 5.74) is 9.72. The first-order valence-electron chi connectivity index (χ1n) is 15.5. The summed E-state index contributed by atoms with van der Waals surface area (Å²) in [6.45, 7) is 13.0. The number of ether oxygens (including phenoxy) is 1. The second-order valence-electron chi connectivity index (χ2n) is 12.6. The number of fused-ring (bicyclic) bond motifs is 3. The van der Waals surface area contributed by atoms with E-state index in [9.17, 15) is 0 Å². The van der Waals surface area contributed by atoms with E-state index in [0.29, 0.717) is 11.5 Å². The average Bonchev–Trinajstić information content (AvgIpc) is 3.53. The van der Waals surface area contributed by atoms with E-state index in [1.807, 2.05) is 48.1 Å². The van der Waals surface area contributed by atoms with Gasteiger partial charge < -0.3 is 9.30 Å². The fourth-order valence-corrected chi connectivity index (χ4v) is 6.13. The third-order valence-corrected chi connectivity index (χ3v) is 8.52. The molecular formula is C40H36N4OPt. The molecule has 0 bridgehead atoms. The van der Waals surface area contributed by atoms with Gasteiger partial charge in [0.1, 0.15) is 5.82 Å². The number of hydrogen-bond donors (Lipinski definition) is 0. The first-order valence-corrected chi connectivity index (χ1v) is 15.5. The van der Waals surface area contributed by atoms with Gasteiger partial charge in [-0.2, -0.15) is 17.2 Å². The Labute approximate surface area is 285 Å². The van der Waals surface area contributed by atoms with Gasteiger partial charge in [0, 0.05) is 34.5 Å². The van der Waals surface area contributed by atoms with Crippen molar-refractivity contribution in [3.63, 3.8) is 0 Å². The number of aryl methyl sites for hydroxylation is 2. The summed E-state index contributed by atoms with van der Waals surface area (Å²) in [4.78, 5) is 4.79. The molecule has 3 heterocycles. The molecule has 0 saturated carbocycles. The Kier molecular flexibility index (Phi) is 8.48. The van der Waals surface area contributed by atoms with Crippen LogP contribution in [0.25, 0.3) is 44.4 Å². The summed E-state index contributed by atoms with van der Waals surface area (Å²) in [5.74, 6) is 2.08. The molecule has 7 rings (SSSR count). The molecular weight excluding hydrogens is 748 g/mol. The van der Waals surface area contributed by atoms with Crippen molar-refractivity contribution >= 4 is 21.8 Å². The van der Waals surface area contributed by atoms with Crippen molar-refractivity contribution in [1.82, 2.24) is 19.3 Å². The van der Waals surface area contributed by atoms with Gasteiger partial charge in [-0.05, 0) is 71.6 Å². The summed E-state index contributed by atoms with van der Waals surface area (Å²) in [5, 5.41) is 7.15. The molecule has 7 aromatic rings. The number of pyridine rings is 1. The Balaban J connectivity index is 0.00000372. The number of hydrogen-bond acceptors (Lipinski definition) is 3. The summed E-state index contributed by atoms with van der Waals surface area (Å²) in [7, 11) is 0. The maximum Gasteiger partial charge on any atom is 2.00 e. The second kappa shape index (κ2) is 12.4. The summed E-state index contributed by atoms with van der Waals surface area (Å²) >= 11 is 0. The topological polar surface area (TPSA) is 44.9 Å². The quantitative estimate of drug-likeness (QED) is 0.158. The first-order chi connectivity index (χ1) is 21.7. The fourth-order valence-electron chi connectivity index (χ4n) is 6.13. The van der Waals surface area contributed by atoms with Crippen molar-refractivity contribution in [2.24, 2.45) is 0 Å². The first kappa shape index (κ1) is 31.5. The normalized spacial score (nSPS) is 11.6. The van der Waals surface area contributed by atoms with Crippen LogP contribution in [0.5, 0.6) is 11.5 Å². The number of benzene rings is 4. The van der Waals surface area contributed by atoms with Gasteiger partial charge in [0.15, 0.2) is 0 Å². The van der Waals surface area contributed by atoms with E-state index >= 15 is 0 Å². The predicted molar refractivity (Wildman–Crippen MR) is 183 cm³/mol. The van der Waals surface area contributed by atoms with Gasteiger partial charge in [-0.15, -0.1) is 35.7 Å². The van der Waals surface area contributed by atoms with E-state index in [4.69, 9.17) is 14.8 Å². The number of aromatic nitrogens is 4. The minimum Gasteiger partial charge on any atom is -0.509 e. The zero-order valence-corrected chi connectivity index (χ0v) is 29.2. The van der Waals surface area contributed by atoms with Gasteiger partial charge in [-0.3, -0.25) is 4.68 Å². The minimum atomic E-state index is 0. The number of rotatable bonds is 6. The van der Waals surface area contributed by atoms with Gasteiger partial charge in [0.25, 0.3) is 0 Å². The zero-order valence-electron chi connectivity index (χ0n) is 27.0. The monoisotopic (exact) mass is 783 g/mol. The SMILES string of the molecule is CCc1ccnc(-n2c3[c-]c(Oc4[c-]c(-n5nc(C)c(-c6ccccc6)c5C)ccc4)ccc3c3cc(C(C)(C)C)ccc32)c1.[Pt+2]. The van der Waals surface area contributed by atoms with Crippen molar-refractivity contribution in [3.05, 3.63) is 132 Å². The van der Waals surface area contributed by atoms with E-state index in [1.165, 1.54) is 16.5 Å². The van der Waals surface area contributed by atoms with Gasteiger partial charge in [-0.25, -0.2) is 4.98 Å². The summed E-state index contributed by atoms with van der Waals surface area (Å²) in [6, 6.07) is 38.4. The minimum absolute atomic E-state index is 0. The molecule has 0 saturated heterocycles. The van der Waals surface area contributed by atoms with Crippen LogP contribution in [-0.2, 0) is 32.9 Å². The molecule has 0 unspecified atom stereocenters. The Morgan fingerprint density at radius 2 is 1.59 bits per heavy atom. The molecule has 0 radical (unpaired) electrons. The molecule has 46 heavy (non-hydrogen) atoms. The van der Waals surface area contributed by atoms with Crippen LogP contribution in [0.3, 0.4) is 0 Å². The van der Waals surface area contributed by atoms with E-state index in [0.717, 1.165) is 56.9 Å². The van der Waals surface area contributed by atoms with E-state index in [1.54, 1.807) is 0 Å². The largest absolute Gasteiger partial charge is 2.00 e. The Bertz CT molecular complexity index is 2190. The van der Waals surface area contributed by atoms with Crippen LogP contribution >= 0.6 is 0 Å². The van der Waals surface area contributed by atoms with Crippen molar-refractivity contribution in [2.75, 3.05) is 0 Å². The van der Waals surface area contributed by atoms with Crippen LogP contribution in [0.1, 0.15) is 50.2 Å². The van der Waals surface area contributed by atoms with Gasteiger partial charge in [0.2, 0.25) is 0 Å². The van der Waals surface area contributed by atoms with Crippen molar-refractivity contribution in [3.8, 4) is 34.1 Å². The van der Waals surface area contributed by atoms with Crippen LogP contribution in [0.15, 0.2) is 97.2 Å². The molecule has 3 aromatic heterocycles. The smallest absolute Gasteiger partial charge is 0.509 e. The zero-order chi connectivity index (χ0) is 31.3. The molecule has 0 atom stereocenters. The molecule has 0 spiro atoms. The van der Waals surface area contributed by atoms with Crippen LogP contribution in [0, 0.1) is 26.0 Å². The second-order valence-corrected chi connectivity index (χ2v) is 12.6. The molecule has 0 aliphatic heterocycles. The van der Waals surface area contributed by atoms with E-state index in [-0.39, 0.29) is 26.5 Å². The molecule has 0 amide bonds. The Morgan fingerprint density at radius 1 is 0.804 bits per heavy atom. The molecule has 4 aromatic carbocycles. The molecule has 232 valence electrons. The van der Waals surface area contributed by atoms with Gasteiger partial charge in [-0.1, -0.05) is 75.7 Å². The van der Waals surface area contributed by atoms with E-state index in [2.05, 4.69) is 112 Å². The van der Waals surface area contributed by atoms with Crippen LogP contribution in [0.2, 0.25) is 0 Å². The fraction of sp³-hybridized carbons (Fsp3) is 0.200. The van der Waals surface area contributed by atoms with Gasteiger partial charge in [0.05, 0.1) is 5.69 Å². The Morgan fingerprint density at radius 3 is 2.35 bits per heavy atom. The van der Waals surface area contributed by atoms with Crippen LogP contribution in [-0.4, -0.2) is 19.3 Å². The molecule has 0 fully saturated rings. The maximum atomic E-state index is 6.43. The number of nitrogens with zero attached hydrogens (tertiary/aromatic N) is 4. The Hall–Kier alpha value is -4.47. The van der Waals surface area contributed by atoms with Crippen molar-refractivity contribution < 1.29 is 25.8 Å². The molecule has 5 nitrogen and oxygen atoms in total. The van der Waals surface area contributed by atoms with Crippen molar-refractivity contribution in [1.29, 1.82) is 0 Å². The maximum absolute atomic E-state index is 6.43. The standard InChI is InChI=1S/C40H36N4O.Pt/c1-7-28-20-21-41-38(22-28)43-36-19-16-30(40(4,5)6)23-35(36)34-18-17-33(25-37(34)43)45-32-15-11-14-31(24-32)44-27(3)39(26(2)42-44)29-12-9-8-10-13-29;/h8-23H,7H2,1-6H3;/q-2;+2. The third kappa shape index (κ3) is 5.69. The van der Waals surface area contributed by atoms with Crippen molar-refractivity contribution in [2.45, 2.75) is 53.4 Å². The molecule has 0 N–H and O–H groups in total. The summed E-state index contributed by atoms with van der Waals surface area (Å²) in [6.07, 6.45) is 2.82. The van der Waals surface area contributed by atoms with Gasteiger partial charge >= 0.3 is 21.1 Å². The average molecular weight is 784 g/mol. The van der Waals surface area contributed by atoms with Crippen LogP contribution < -0.4 is 4.74 Å². The van der Waals surface area contributed by atoms with E-state index < -0.39 is 0 Å². The molecule has 0 aliphatic rings. The third-order valence-electron chi connectivity index (χ3n) is 8.52.